The number of methoxy groups -OCH3 is 2. The summed E-state index contributed by atoms with van der Waals surface area (Å²) in [5, 5.41) is 8.60. The zero-order chi connectivity index (χ0) is 21.4. The van der Waals surface area contributed by atoms with Crippen LogP contribution in [0.5, 0.6) is 17.2 Å². The predicted molar refractivity (Wildman–Crippen MR) is 109 cm³/mol. The van der Waals surface area contributed by atoms with E-state index in [1.165, 1.54) is 38.5 Å². The van der Waals surface area contributed by atoms with E-state index in [4.69, 9.17) is 19.3 Å². The Labute approximate surface area is 171 Å². The number of benzene rings is 2. The zero-order valence-corrected chi connectivity index (χ0v) is 17.6. The number of halogens is 1. The van der Waals surface area contributed by atoms with E-state index in [1.807, 2.05) is 13.0 Å². The van der Waals surface area contributed by atoms with Crippen LogP contribution in [0.25, 0.3) is 0 Å². The van der Waals surface area contributed by atoms with E-state index in [9.17, 15) is 12.8 Å². The molecule has 0 fully saturated rings. The first-order valence-corrected chi connectivity index (χ1v) is 10.7. The summed E-state index contributed by atoms with van der Waals surface area (Å²) in [6, 6.07) is 9.17. The quantitative estimate of drug-likeness (QED) is 0.536. The molecule has 7 nitrogen and oxygen atoms in total. The molecule has 0 aliphatic heterocycles. The van der Waals surface area contributed by atoms with Gasteiger partial charge in [0.15, 0.2) is 11.5 Å². The molecule has 9 heteroatoms. The van der Waals surface area contributed by atoms with Crippen LogP contribution in [0.15, 0.2) is 41.3 Å². The Kier molecular flexibility index (Phi) is 8.24. The summed E-state index contributed by atoms with van der Waals surface area (Å²) in [5.41, 5.74) is 0.829. The van der Waals surface area contributed by atoms with Gasteiger partial charge in [0.25, 0.3) is 0 Å². The van der Waals surface area contributed by atoms with E-state index in [0.717, 1.165) is 5.56 Å². The summed E-state index contributed by atoms with van der Waals surface area (Å²) in [4.78, 5) is -0.0258. The Bertz CT molecular complexity index is 921. The van der Waals surface area contributed by atoms with Crippen molar-refractivity contribution in [3.63, 3.8) is 0 Å². The fraction of sp³-hybridized carbons (Fsp3) is 0.400. The third-order valence-electron chi connectivity index (χ3n) is 4.27. The highest BCUT2D eigenvalue weighted by Gasteiger charge is 2.16. The fourth-order valence-corrected chi connectivity index (χ4v) is 3.61. The van der Waals surface area contributed by atoms with Gasteiger partial charge in [-0.3, -0.25) is 0 Å². The Hall–Kier alpha value is -2.36. The Morgan fingerprint density at radius 2 is 1.76 bits per heavy atom. The van der Waals surface area contributed by atoms with E-state index >= 15 is 0 Å². The lowest BCUT2D eigenvalue weighted by Crippen LogP contribution is -2.30. The summed E-state index contributed by atoms with van der Waals surface area (Å²) >= 11 is 0. The van der Waals surface area contributed by atoms with Crippen LogP contribution in [0.1, 0.15) is 18.9 Å². The summed E-state index contributed by atoms with van der Waals surface area (Å²) in [7, 11) is -0.960. The van der Waals surface area contributed by atoms with Crippen molar-refractivity contribution in [3.05, 3.63) is 47.8 Å². The van der Waals surface area contributed by atoms with Crippen LogP contribution >= 0.6 is 0 Å². The highest BCUT2D eigenvalue weighted by atomic mass is 32.2. The lowest BCUT2D eigenvalue weighted by molar-refractivity contribution is 0.284. The van der Waals surface area contributed by atoms with Crippen LogP contribution in [0, 0.1) is 5.82 Å². The monoisotopic (exact) mass is 426 g/mol. The van der Waals surface area contributed by atoms with Crippen molar-refractivity contribution in [2.45, 2.75) is 30.7 Å². The highest BCUT2D eigenvalue weighted by Crippen LogP contribution is 2.27. The Morgan fingerprint density at radius 1 is 1.07 bits per heavy atom. The van der Waals surface area contributed by atoms with E-state index in [1.54, 1.807) is 6.07 Å². The van der Waals surface area contributed by atoms with Crippen molar-refractivity contribution in [2.75, 3.05) is 27.4 Å². The molecule has 0 spiro atoms. The minimum absolute atomic E-state index is 0.0258. The van der Waals surface area contributed by atoms with Crippen molar-refractivity contribution in [3.8, 4) is 17.2 Å². The molecule has 0 bridgehead atoms. The van der Waals surface area contributed by atoms with Gasteiger partial charge < -0.3 is 19.5 Å². The molecule has 0 heterocycles. The lowest BCUT2D eigenvalue weighted by atomic mass is 10.1. The van der Waals surface area contributed by atoms with E-state index in [2.05, 4.69) is 5.32 Å². The molecule has 0 saturated heterocycles. The molecule has 0 aliphatic rings. The van der Waals surface area contributed by atoms with Gasteiger partial charge in [0, 0.05) is 12.1 Å². The van der Waals surface area contributed by atoms with Crippen molar-refractivity contribution < 1.29 is 27.0 Å². The molecule has 2 rings (SSSR count). The molecule has 0 aliphatic carbocycles. The summed E-state index contributed by atoms with van der Waals surface area (Å²) in [5.74, 6) is 0.694. The van der Waals surface area contributed by atoms with Crippen molar-refractivity contribution >= 4 is 10.0 Å². The molecule has 3 N–H and O–H groups in total. The Morgan fingerprint density at radius 3 is 2.41 bits per heavy atom. The number of hydrogen-bond acceptors (Lipinski definition) is 6. The molecule has 1 unspecified atom stereocenters. The minimum atomic E-state index is -3.86. The smallest absolute Gasteiger partial charge is 0.241 e. The number of rotatable bonds is 11. The first kappa shape index (κ1) is 22.9. The molecule has 0 aromatic heterocycles. The van der Waals surface area contributed by atoms with Crippen LogP contribution in [-0.4, -0.2) is 41.8 Å². The lowest BCUT2D eigenvalue weighted by Gasteiger charge is -2.16. The average molecular weight is 427 g/mol. The van der Waals surface area contributed by atoms with Gasteiger partial charge in [-0.05, 0) is 56.1 Å². The van der Waals surface area contributed by atoms with Crippen molar-refractivity contribution in [1.29, 1.82) is 0 Å². The van der Waals surface area contributed by atoms with E-state index in [0.29, 0.717) is 37.5 Å². The molecule has 2 aromatic carbocycles. The molecule has 0 saturated carbocycles. The van der Waals surface area contributed by atoms with Crippen LogP contribution in [0.2, 0.25) is 0 Å². The molecular weight excluding hydrogens is 399 g/mol. The summed E-state index contributed by atoms with van der Waals surface area (Å²) in [6.07, 6.45) is 1.32. The van der Waals surface area contributed by atoms with Crippen molar-refractivity contribution in [1.82, 2.24) is 5.32 Å². The molecular formula is C20H27FN2O5S. The van der Waals surface area contributed by atoms with Crippen LogP contribution in [-0.2, 0) is 16.4 Å². The number of primary sulfonamides is 1. The third-order valence-corrected chi connectivity index (χ3v) is 5.21. The van der Waals surface area contributed by atoms with Gasteiger partial charge in [-0.15, -0.1) is 0 Å². The van der Waals surface area contributed by atoms with Crippen LogP contribution in [0.3, 0.4) is 0 Å². The second kappa shape index (κ2) is 10.4. The first-order chi connectivity index (χ1) is 13.7. The van der Waals surface area contributed by atoms with Gasteiger partial charge in [-0.2, -0.15) is 0 Å². The molecule has 2 aromatic rings. The SMILES string of the molecule is COc1ccc(F)cc1OCCCNC(C)Cc1ccc(OC)c(S(N)(=O)=O)c1. The second-order valence-corrected chi connectivity index (χ2v) is 8.12. The highest BCUT2D eigenvalue weighted by molar-refractivity contribution is 7.89. The van der Waals surface area contributed by atoms with Crippen LogP contribution < -0.4 is 24.7 Å². The zero-order valence-electron chi connectivity index (χ0n) is 16.8. The van der Waals surface area contributed by atoms with Gasteiger partial charge in [-0.25, -0.2) is 17.9 Å². The van der Waals surface area contributed by atoms with Crippen LogP contribution in [0.4, 0.5) is 4.39 Å². The normalized spacial score (nSPS) is 12.4. The molecule has 0 radical (unpaired) electrons. The van der Waals surface area contributed by atoms with Gasteiger partial charge >= 0.3 is 0 Å². The standard InChI is InChI=1S/C20H27FN2O5S/c1-14(11-15-5-7-18(27-3)20(12-15)29(22,24)25)23-9-4-10-28-19-13-16(21)6-8-17(19)26-2/h5-8,12-14,23H,4,9-11H2,1-3H3,(H2,22,24,25). The number of sulfonamides is 1. The maximum Gasteiger partial charge on any atom is 0.241 e. The molecule has 0 amide bonds. The number of nitrogens with one attached hydrogen (secondary N) is 1. The average Bonchev–Trinajstić information content (AvgIpc) is 2.67. The van der Waals surface area contributed by atoms with E-state index < -0.39 is 10.0 Å². The molecule has 160 valence electrons. The number of ether oxygens (including phenoxy) is 3. The van der Waals surface area contributed by atoms with Gasteiger partial charge in [0.2, 0.25) is 10.0 Å². The van der Waals surface area contributed by atoms with Gasteiger partial charge in [-0.1, -0.05) is 6.07 Å². The third kappa shape index (κ3) is 6.88. The van der Waals surface area contributed by atoms with Gasteiger partial charge in [0.1, 0.15) is 16.5 Å². The second-order valence-electron chi connectivity index (χ2n) is 6.59. The summed E-state index contributed by atoms with van der Waals surface area (Å²) < 4.78 is 52.5. The first-order valence-electron chi connectivity index (χ1n) is 9.14. The summed E-state index contributed by atoms with van der Waals surface area (Å²) in [6.45, 7) is 3.08. The molecule has 1 atom stereocenters. The molecule has 29 heavy (non-hydrogen) atoms. The van der Waals surface area contributed by atoms with E-state index in [-0.39, 0.29) is 22.5 Å². The minimum Gasteiger partial charge on any atom is -0.495 e. The van der Waals surface area contributed by atoms with Crippen molar-refractivity contribution in [2.24, 2.45) is 5.14 Å². The topological polar surface area (TPSA) is 99.9 Å². The largest absolute Gasteiger partial charge is 0.495 e. The number of nitrogens with two attached hydrogens (primary N) is 1. The predicted octanol–water partition coefficient (Wildman–Crippen LogP) is 2.48. The maximum absolute atomic E-state index is 13.3. The Balaban J connectivity index is 1.82. The van der Waals surface area contributed by atoms with Gasteiger partial charge in [0.05, 0.1) is 20.8 Å². The fourth-order valence-electron chi connectivity index (χ4n) is 2.86. The maximum atomic E-state index is 13.3. The number of hydrogen-bond donors (Lipinski definition) is 2.